The van der Waals surface area contributed by atoms with Gasteiger partial charge in [-0.05, 0) is 11.6 Å². The zero-order chi connectivity index (χ0) is 15.7. The van der Waals surface area contributed by atoms with Crippen molar-refractivity contribution in [1.29, 1.82) is 0 Å². The molecule has 3 rings (SSSR count). The lowest BCUT2D eigenvalue weighted by Gasteiger charge is -2.38. The summed E-state index contributed by atoms with van der Waals surface area (Å²) in [4.78, 5) is 13.6. The number of aliphatic hydroxyl groups excluding tert-OH is 2. The molecule has 2 atom stereocenters. The first kappa shape index (κ1) is 14.7. The second-order valence-corrected chi connectivity index (χ2v) is 5.09. The summed E-state index contributed by atoms with van der Waals surface area (Å²) in [6.07, 6.45) is 0.210. The van der Waals surface area contributed by atoms with Gasteiger partial charge < -0.3 is 24.4 Å². The molecule has 7 nitrogen and oxygen atoms in total. The topological polar surface area (TPSA) is 88.5 Å². The Bertz CT molecular complexity index is 602. The minimum atomic E-state index is -0.894. The Balaban J connectivity index is 2.01. The van der Waals surface area contributed by atoms with E-state index in [0.717, 1.165) is 5.56 Å². The van der Waals surface area contributed by atoms with Crippen molar-refractivity contribution in [3.8, 4) is 11.5 Å². The molecule has 22 heavy (non-hydrogen) atoms. The molecule has 118 valence electrons. The van der Waals surface area contributed by atoms with Crippen LogP contribution in [0.4, 0.5) is 10.5 Å². The lowest BCUT2D eigenvalue weighted by atomic mass is 9.93. The minimum Gasteiger partial charge on any atom is -0.454 e. The monoisotopic (exact) mass is 307 g/mol. The molecule has 0 bridgehead atoms. The van der Waals surface area contributed by atoms with Crippen molar-refractivity contribution in [3.63, 3.8) is 0 Å². The maximum absolute atomic E-state index is 12.3. The van der Waals surface area contributed by atoms with Crippen molar-refractivity contribution in [2.75, 3.05) is 24.9 Å². The molecule has 0 spiro atoms. The van der Waals surface area contributed by atoms with Crippen LogP contribution in [-0.2, 0) is 11.2 Å². The second-order valence-electron chi connectivity index (χ2n) is 5.09. The van der Waals surface area contributed by atoms with Crippen molar-refractivity contribution in [3.05, 3.63) is 30.4 Å². The highest BCUT2D eigenvalue weighted by Gasteiger charge is 2.39. The van der Waals surface area contributed by atoms with E-state index >= 15 is 0 Å². The van der Waals surface area contributed by atoms with Gasteiger partial charge in [-0.25, -0.2) is 4.79 Å². The van der Waals surface area contributed by atoms with Crippen molar-refractivity contribution in [2.45, 2.75) is 18.6 Å². The lowest BCUT2D eigenvalue weighted by molar-refractivity contribution is 0.0905. The number of ether oxygens (including phenoxy) is 3. The fourth-order valence-electron chi connectivity index (χ4n) is 2.71. The highest BCUT2D eigenvalue weighted by molar-refractivity contribution is 5.91. The van der Waals surface area contributed by atoms with Crippen LogP contribution in [0.5, 0.6) is 11.5 Å². The first-order chi connectivity index (χ1) is 10.7. The molecular formula is C15H17NO6. The molecule has 0 unspecified atom stereocenters. The van der Waals surface area contributed by atoms with Crippen LogP contribution in [0.1, 0.15) is 5.56 Å². The Morgan fingerprint density at radius 2 is 2.18 bits per heavy atom. The molecule has 0 aromatic heterocycles. The van der Waals surface area contributed by atoms with Gasteiger partial charge in [-0.15, -0.1) is 0 Å². The number of benzene rings is 1. The van der Waals surface area contributed by atoms with E-state index in [2.05, 4.69) is 6.58 Å². The fraction of sp³-hybridized carbons (Fsp3) is 0.400. The van der Waals surface area contributed by atoms with Gasteiger partial charge in [0, 0.05) is 12.5 Å². The average molecular weight is 307 g/mol. The number of nitrogens with zero attached hydrogens (tertiary/aromatic N) is 1. The van der Waals surface area contributed by atoms with Gasteiger partial charge in [0.25, 0.3) is 0 Å². The summed E-state index contributed by atoms with van der Waals surface area (Å²) >= 11 is 0. The van der Waals surface area contributed by atoms with Crippen LogP contribution in [0.15, 0.2) is 24.8 Å². The predicted octanol–water partition coefficient (Wildman–Crippen LogP) is 0.822. The molecule has 2 aliphatic heterocycles. The molecule has 2 N–H and O–H groups in total. The van der Waals surface area contributed by atoms with E-state index in [0.29, 0.717) is 23.6 Å². The Morgan fingerprint density at radius 3 is 2.86 bits per heavy atom. The average Bonchev–Trinajstić information content (AvgIpc) is 2.96. The number of rotatable bonds is 3. The molecular weight excluding hydrogens is 290 g/mol. The molecule has 2 heterocycles. The Labute approximate surface area is 127 Å². The van der Waals surface area contributed by atoms with Gasteiger partial charge in [0.1, 0.15) is 6.61 Å². The first-order valence-corrected chi connectivity index (χ1v) is 6.94. The third-order valence-corrected chi connectivity index (χ3v) is 3.75. The van der Waals surface area contributed by atoms with Gasteiger partial charge in [0.2, 0.25) is 6.79 Å². The number of carbonyl (C=O) groups is 1. The number of fused-ring (bicyclic) bond motifs is 2. The van der Waals surface area contributed by atoms with E-state index < -0.39 is 18.2 Å². The van der Waals surface area contributed by atoms with Crippen LogP contribution < -0.4 is 14.4 Å². The van der Waals surface area contributed by atoms with Gasteiger partial charge in [-0.1, -0.05) is 12.7 Å². The van der Waals surface area contributed by atoms with Gasteiger partial charge in [0.15, 0.2) is 11.5 Å². The van der Waals surface area contributed by atoms with E-state index in [4.69, 9.17) is 14.2 Å². The highest BCUT2D eigenvalue weighted by Crippen LogP contribution is 2.42. The van der Waals surface area contributed by atoms with E-state index in [9.17, 15) is 15.0 Å². The van der Waals surface area contributed by atoms with E-state index in [1.807, 2.05) is 0 Å². The fourth-order valence-corrected chi connectivity index (χ4v) is 2.71. The maximum Gasteiger partial charge on any atom is 0.415 e. The number of amides is 1. The van der Waals surface area contributed by atoms with Crippen molar-refractivity contribution < 1.29 is 29.2 Å². The summed E-state index contributed by atoms with van der Waals surface area (Å²) in [6.45, 7) is 3.28. The SMILES string of the molecule is C=CCOC(=O)N1c2cc3c(cc2C[C@H](O)[C@H]1CO)OCO3. The number of hydrogen-bond acceptors (Lipinski definition) is 6. The number of hydrogen-bond donors (Lipinski definition) is 2. The molecule has 0 radical (unpaired) electrons. The molecule has 2 aliphatic rings. The highest BCUT2D eigenvalue weighted by atomic mass is 16.7. The molecule has 1 aromatic rings. The molecule has 1 aromatic carbocycles. The normalized spacial score (nSPS) is 22.2. The standard InChI is InChI=1S/C15H17NO6/c1-2-3-20-15(19)16-10-6-14-13(21-8-22-14)5-9(10)4-12(18)11(16)7-17/h2,5-6,11-12,17-18H,1,3-4,7-8H2/t11-,12+/m1/s1. The van der Waals surface area contributed by atoms with Crippen molar-refractivity contribution >= 4 is 11.8 Å². The minimum absolute atomic E-state index is 0.0451. The molecule has 0 fully saturated rings. The summed E-state index contributed by atoms with van der Waals surface area (Å²) < 4.78 is 15.7. The quantitative estimate of drug-likeness (QED) is 0.804. The number of aliphatic hydroxyl groups is 2. The van der Waals surface area contributed by atoms with E-state index in [1.54, 1.807) is 12.1 Å². The van der Waals surface area contributed by atoms with Crippen molar-refractivity contribution in [2.24, 2.45) is 0 Å². The smallest absolute Gasteiger partial charge is 0.415 e. The summed E-state index contributed by atoms with van der Waals surface area (Å²) in [5.74, 6) is 1.10. The van der Waals surface area contributed by atoms with Crippen LogP contribution in [-0.4, -0.2) is 48.5 Å². The molecule has 1 amide bonds. The Kier molecular flexibility index (Phi) is 3.91. The van der Waals surface area contributed by atoms with Crippen LogP contribution in [0.2, 0.25) is 0 Å². The zero-order valence-electron chi connectivity index (χ0n) is 11.9. The third kappa shape index (κ3) is 2.38. The second kappa shape index (κ2) is 5.86. The maximum atomic E-state index is 12.3. The molecule has 0 aliphatic carbocycles. The van der Waals surface area contributed by atoms with Crippen LogP contribution in [0.25, 0.3) is 0 Å². The van der Waals surface area contributed by atoms with Crippen LogP contribution in [0, 0.1) is 0 Å². The summed E-state index contributed by atoms with van der Waals surface area (Å²) in [5, 5.41) is 19.7. The number of carbonyl (C=O) groups excluding carboxylic acids is 1. The molecule has 7 heteroatoms. The zero-order valence-corrected chi connectivity index (χ0v) is 11.9. The first-order valence-electron chi connectivity index (χ1n) is 6.94. The third-order valence-electron chi connectivity index (χ3n) is 3.75. The largest absolute Gasteiger partial charge is 0.454 e. The van der Waals surface area contributed by atoms with Gasteiger partial charge in [-0.2, -0.15) is 0 Å². The Morgan fingerprint density at radius 1 is 1.45 bits per heavy atom. The van der Waals surface area contributed by atoms with E-state index in [1.165, 1.54) is 11.0 Å². The van der Waals surface area contributed by atoms with E-state index in [-0.39, 0.29) is 20.0 Å². The van der Waals surface area contributed by atoms with Crippen LogP contribution in [0.3, 0.4) is 0 Å². The van der Waals surface area contributed by atoms with Crippen molar-refractivity contribution in [1.82, 2.24) is 0 Å². The van der Waals surface area contributed by atoms with Crippen LogP contribution >= 0.6 is 0 Å². The summed E-state index contributed by atoms with van der Waals surface area (Å²) in [6, 6.07) is 2.63. The predicted molar refractivity (Wildman–Crippen MR) is 77.2 cm³/mol. The molecule has 0 saturated heterocycles. The Hall–Kier alpha value is -2.25. The number of anilines is 1. The van der Waals surface area contributed by atoms with Gasteiger partial charge >= 0.3 is 6.09 Å². The summed E-state index contributed by atoms with van der Waals surface area (Å²) in [7, 11) is 0. The van der Waals surface area contributed by atoms with Gasteiger partial charge in [-0.3, -0.25) is 4.90 Å². The lowest BCUT2D eigenvalue weighted by Crippen LogP contribution is -2.53. The molecule has 0 saturated carbocycles. The van der Waals surface area contributed by atoms with Gasteiger partial charge in [0.05, 0.1) is 24.4 Å². The summed E-state index contributed by atoms with van der Waals surface area (Å²) in [5.41, 5.74) is 1.28.